The van der Waals surface area contributed by atoms with Crippen molar-refractivity contribution in [2.45, 2.75) is 24.5 Å². The van der Waals surface area contributed by atoms with Crippen LogP contribution in [0.1, 0.15) is 6.23 Å². The van der Waals surface area contributed by atoms with Gasteiger partial charge in [-0.2, -0.15) is 0 Å². The number of aromatic amines is 2. The summed E-state index contributed by atoms with van der Waals surface area (Å²) in [7, 11) is -4.99. The number of imidazole rings is 1. The number of rotatable bonds is 4. The van der Waals surface area contributed by atoms with E-state index in [0.717, 1.165) is 10.9 Å². The zero-order chi connectivity index (χ0) is 17.6. The van der Waals surface area contributed by atoms with Gasteiger partial charge in [0.2, 0.25) is 0 Å². The van der Waals surface area contributed by atoms with Gasteiger partial charge in [0, 0.05) is 0 Å². The van der Waals surface area contributed by atoms with Crippen LogP contribution in [-0.4, -0.2) is 64.4 Å². The molecule has 1 saturated heterocycles. The summed E-state index contributed by atoms with van der Waals surface area (Å²) in [6.07, 6.45) is -5.07. The van der Waals surface area contributed by atoms with Crippen molar-refractivity contribution in [3.63, 3.8) is 0 Å². The Bertz CT molecular complexity index is 913. The summed E-state index contributed by atoms with van der Waals surface area (Å²) in [6, 6.07) is 0. The van der Waals surface area contributed by atoms with Gasteiger partial charge in [0.25, 0.3) is 5.56 Å². The summed E-state index contributed by atoms with van der Waals surface area (Å²) >= 11 is 0. The highest BCUT2D eigenvalue weighted by Gasteiger charge is 2.49. The van der Waals surface area contributed by atoms with E-state index >= 15 is 0 Å². The second-order valence-electron chi connectivity index (χ2n) is 5.03. The highest BCUT2D eigenvalue weighted by atomic mass is 31.2. The maximum Gasteiger partial charge on any atom is 0.470 e. The number of fused-ring (bicyclic) bond motifs is 1. The van der Waals surface area contributed by atoms with Crippen LogP contribution < -0.4 is 11.2 Å². The molecule has 0 bridgehead atoms. The standard InChI is InChI=1S/C10H13N4O9P/c15-1-3-6(23-24(19,20)21)5(16)9(22-3)14-7-4(13-10(14)18)8(17)12-2-11-7/h2-3,5-6,9,15-16H,1H2,(H,13,18)(H,11,12,17)(H2,19,20,21)/t3-,5-,6-,9-/m1/s1. The fraction of sp³-hybridized carbons (Fsp3) is 0.500. The molecule has 3 heterocycles. The molecule has 1 fully saturated rings. The van der Waals surface area contributed by atoms with E-state index in [2.05, 4.69) is 19.5 Å². The van der Waals surface area contributed by atoms with Gasteiger partial charge in [-0.3, -0.25) is 14.3 Å². The third-order valence-corrected chi connectivity index (χ3v) is 4.03. The molecular formula is C10H13N4O9P. The number of ether oxygens (including phenoxy) is 1. The zero-order valence-electron chi connectivity index (χ0n) is 11.8. The molecule has 4 atom stereocenters. The van der Waals surface area contributed by atoms with E-state index in [0.29, 0.717) is 0 Å². The Kier molecular flexibility index (Phi) is 4.17. The summed E-state index contributed by atoms with van der Waals surface area (Å²) in [5.74, 6) is 0. The Morgan fingerprint density at radius 1 is 1.42 bits per heavy atom. The van der Waals surface area contributed by atoms with Crippen LogP contribution in [-0.2, 0) is 13.8 Å². The first-order chi connectivity index (χ1) is 11.2. The topological polar surface area (TPSA) is 200 Å². The van der Waals surface area contributed by atoms with Gasteiger partial charge in [0.05, 0.1) is 12.9 Å². The van der Waals surface area contributed by atoms with Crippen LogP contribution >= 0.6 is 7.82 Å². The minimum absolute atomic E-state index is 0.138. The van der Waals surface area contributed by atoms with Gasteiger partial charge in [-0.1, -0.05) is 0 Å². The van der Waals surface area contributed by atoms with E-state index in [1.165, 1.54) is 0 Å². The zero-order valence-corrected chi connectivity index (χ0v) is 12.7. The molecule has 2 aromatic heterocycles. The van der Waals surface area contributed by atoms with Gasteiger partial charge < -0.3 is 29.7 Å². The second kappa shape index (κ2) is 5.89. The van der Waals surface area contributed by atoms with Crippen molar-refractivity contribution >= 4 is 19.0 Å². The summed E-state index contributed by atoms with van der Waals surface area (Å²) < 4.78 is 21.5. The molecule has 0 saturated carbocycles. The molecule has 0 aromatic carbocycles. The summed E-state index contributed by atoms with van der Waals surface area (Å²) in [5.41, 5.74) is -1.78. The molecule has 0 radical (unpaired) electrons. The molecular weight excluding hydrogens is 351 g/mol. The van der Waals surface area contributed by atoms with Crippen molar-refractivity contribution in [2.75, 3.05) is 6.61 Å². The van der Waals surface area contributed by atoms with E-state index in [9.17, 15) is 24.4 Å². The predicted octanol–water partition coefficient (Wildman–Crippen LogP) is -2.86. The molecule has 13 nitrogen and oxygen atoms in total. The average Bonchev–Trinajstić information content (AvgIpc) is 2.97. The smallest absolute Gasteiger partial charge is 0.394 e. The quantitative estimate of drug-likeness (QED) is 0.307. The van der Waals surface area contributed by atoms with Gasteiger partial charge in [-0.05, 0) is 0 Å². The van der Waals surface area contributed by atoms with E-state index in [1.807, 2.05) is 0 Å². The van der Waals surface area contributed by atoms with Crippen molar-refractivity contribution in [3.8, 4) is 0 Å². The number of H-pyrrole nitrogens is 2. The average molecular weight is 364 g/mol. The number of phosphoric ester groups is 1. The fourth-order valence-electron chi connectivity index (χ4n) is 2.55. The number of nitrogens with zero attached hydrogens (tertiary/aromatic N) is 2. The number of hydrogen-bond acceptors (Lipinski definition) is 8. The fourth-order valence-corrected chi connectivity index (χ4v) is 3.13. The molecule has 0 unspecified atom stereocenters. The molecule has 2 aromatic rings. The SMILES string of the molecule is O=c1[nH]cnc2c1[nH]c(=O)n2[C@@H]1O[C@H](CO)[C@@H](OP(=O)(O)O)[C@H]1O. The summed E-state index contributed by atoms with van der Waals surface area (Å²) in [6.45, 7) is -0.733. The lowest BCUT2D eigenvalue weighted by Crippen LogP contribution is -2.36. The Hall–Kier alpha value is -1.86. The van der Waals surface area contributed by atoms with E-state index in [4.69, 9.17) is 14.5 Å². The number of aliphatic hydroxyl groups excluding tert-OH is 2. The maximum atomic E-state index is 12.1. The van der Waals surface area contributed by atoms with Crippen molar-refractivity contribution < 1.29 is 33.8 Å². The largest absolute Gasteiger partial charge is 0.470 e. The van der Waals surface area contributed by atoms with E-state index < -0.39 is 50.2 Å². The summed E-state index contributed by atoms with van der Waals surface area (Å²) in [5, 5.41) is 19.5. The van der Waals surface area contributed by atoms with Crippen molar-refractivity contribution in [2.24, 2.45) is 0 Å². The Morgan fingerprint density at radius 3 is 2.75 bits per heavy atom. The lowest BCUT2D eigenvalue weighted by molar-refractivity contribution is -0.0523. The first kappa shape index (κ1) is 17.0. The number of nitrogens with one attached hydrogen (secondary N) is 2. The van der Waals surface area contributed by atoms with E-state index in [-0.39, 0.29) is 11.2 Å². The lowest BCUT2D eigenvalue weighted by atomic mass is 10.1. The number of phosphoric acid groups is 1. The minimum atomic E-state index is -4.99. The third kappa shape index (κ3) is 2.82. The van der Waals surface area contributed by atoms with Crippen molar-refractivity contribution in [1.29, 1.82) is 0 Å². The van der Waals surface area contributed by atoms with Gasteiger partial charge in [-0.25, -0.2) is 18.9 Å². The number of hydrogen-bond donors (Lipinski definition) is 6. The highest BCUT2D eigenvalue weighted by molar-refractivity contribution is 7.46. The van der Waals surface area contributed by atoms with Gasteiger partial charge in [0.1, 0.15) is 18.3 Å². The van der Waals surface area contributed by atoms with E-state index in [1.54, 1.807) is 0 Å². The van der Waals surface area contributed by atoms with Gasteiger partial charge in [0.15, 0.2) is 17.4 Å². The molecule has 24 heavy (non-hydrogen) atoms. The van der Waals surface area contributed by atoms with Crippen LogP contribution in [0, 0.1) is 0 Å². The monoisotopic (exact) mass is 364 g/mol. The summed E-state index contributed by atoms with van der Waals surface area (Å²) in [4.78, 5) is 49.9. The lowest BCUT2D eigenvalue weighted by Gasteiger charge is -2.19. The number of aromatic nitrogens is 4. The van der Waals surface area contributed by atoms with Crippen LogP contribution in [0.3, 0.4) is 0 Å². The van der Waals surface area contributed by atoms with Crippen LogP contribution in [0.2, 0.25) is 0 Å². The molecule has 6 N–H and O–H groups in total. The van der Waals surface area contributed by atoms with Crippen LogP contribution in [0.5, 0.6) is 0 Å². The molecule has 14 heteroatoms. The molecule has 132 valence electrons. The molecule has 0 amide bonds. The van der Waals surface area contributed by atoms with Gasteiger partial charge in [-0.15, -0.1) is 0 Å². The first-order valence-electron chi connectivity index (χ1n) is 6.59. The van der Waals surface area contributed by atoms with Crippen LogP contribution in [0.15, 0.2) is 15.9 Å². The normalized spacial score (nSPS) is 27.8. The maximum absolute atomic E-state index is 12.1. The van der Waals surface area contributed by atoms with Gasteiger partial charge >= 0.3 is 13.5 Å². The Morgan fingerprint density at radius 2 is 2.12 bits per heavy atom. The minimum Gasteiger partial charge on any atom is -0.394 e. The van der Waals surface area contributed by atoms with Crippen LogP contribution in [0.25, 0.3) is 11.2 Å². The Balaban J connectivity index is 2.06. The highest BCUT2D eigenvalue weighted by Crippen LogP contribution is 2.43. The third-order valence-electron chi connectivity index (χ3n) is 3.51. The van der Waals surface area contributed by atoms with Crippen LogP contribution in [0.4, 0.5) is 0 Å². The molecule has 1 aliphatic rings. The second-order valence-corrected chi connectivity index (χ2v) is 6.22. The van der Waals surface area contributed by atoms with Crippen molar-refractivity contribution in [1.82, 2.24) is 19.5 Å². The molecule has 0 aliphatic carbocycles. The Labute approximate surface area is 131 Å². The molecule has 0 spiro atoms. The molecule has 1 aliphatic heterocycles. The molecule has 3 rings (SSSR count). The number of aliphatic hydroxyl groups is 2. The predicted molar refractivity (Wildman–Crippen MR) is 74.9 cm³/mol. The van der Waals surface area contributed by atoms with Crippen molar-refractivity contribution in [3.05, 3.63) is 27.2 Å². The first-order valence-corrected chi connectivity index (χ1v) is 8.12.